The molecule has 0 spiro atoms. The van der Waals surface area contributed by atoms with Gasteiger partial charge in [0.15, 0.2) is 0 Å². The molecule has 3 amide bonds. The van der Waals surface area contributed by atoms with Gasteiger partial charge in [-0.2, -0.15) is 0 Å². The maximum atomic E-state index is 12.6. The normalized spacial score (nSPS) is 15.3. The number of rotatable bonds is 5. The van der Waals surface area contributed by atoms with Crippen molar-refractivity contribution in [3.05, 3.63) is 0 Å². The first-order chi connectivity index (χ1) is 11.3. The second kappa shape index (κ2) is 11.7. The van der Waals surface area contributed by atoms with Gasteiger partial charge in [-0.05, 0) is 19.3 Å². The minimum atomic E-state index is -0.581. The highest BCUT2D eigenvalue weighted by Crippen LogP contribution is 2.11. The molecule has 7 nitrogen and oxygen atoms in total. The molecule has 0 aromatic carbocycles. The Balaban J connectivity index is 0.00000254. The van der Waals surface area contributed by atoms with Gasteiger partial charge in [0, 0.05) is 33.1 Å². The molecule has 1 unspecified atom stereocenters. The standard InChI is InChI=1S/C15H27N3O4.C2H6/c1-5-22-15(21)16-13(10-11(2)3)14(20)18-8-6-17(7-9-18)12(4)19;1-2/h11,13H,5-10H2,1-4H3,(H,16,21);1-2H3. The Hall–Kier alpha value is -1.79. The summed E-state index contributed by atoms with van der Waals surface area (Å²) in [4.78, 5) is 39.0. The third-order valence-corrected chi connectivity index (χ3v) is 3.61. The molecule has 1 heterocycles. The number of carbonyl (C=O) groups is 3. The van der Waals surface area contributed by atoms with Gasteiger partial charge < -0.3 is 19.9 Å². The zero-order valence-corrected chi connectivity index (χ0v) is 15.9. The van der Waals surface area contributed by atoms with Crippen LogP contribution in [0.4, 0.5) is 4.79 Å². The molecule has 0 aromatic rings. The summed E-state index contributed by atoms with van der Waals surface area (Å²) in [5.74, 6) is 0.190. The molecule has 1 fully saturated rings. The SMILES string of the molecule is CC.CCOC(=O)NC(CC(C)C)C(=O)N1CCN(C(C)=O)CC1. The molecule has 0 radical (unpaired) electrons. The summed E-state index contributed by atoms with van der Waals surface area (Å²) in [6.07, 6.45) is -0.00577. The summed E-state index contributed by atoms with van der Waals surface area (Å²) in [6.45, 7) is 13.6. The number of ether oxygens (including phenoxy) is 1. The third-order valence-electron chi connectivity index (χ3n) is 3.61. The highest BCUT2D eigenvalue weighted by molar-refractivity contribution is 5.86. The molecule has 0 aromatic heterocycles. The number of piperazine rings is 1. The summed E-state index contributed by atoms with van der Waals surface area (Å²) in [5.41, 5.74) is 0. The van der Waals surface area contributed by atoms with Gasteiger partial charge in [-0.3, -0.25) is 9.59 Å². The van der Waals surface area contributed by atoms with Crippen LogP contribution in [0.15, 0.2) is 0 Å². The molecule has 1 N–H and O–H groups in total. The minimum absolute atomic E-state index is 0.0236. The Morgan fingerprint density at radius 3 is 1.96 bits per heavy atom. The molecule has 1 saturated heterocycles. The van der Waals surface area contributed by atoms with E-state index in [0.717, 1.165) is 0 Å². The molecule has 0 saturated carbocycles. The van der Waals surface area contributed by atoms with Gasteiger partial charge in [0.1, 0.15) is 6.04 Å². The van der Waals surface area contributed by atoms with E-state index >= 15 is 0 Å². The maximum Gasteiger partial charge on any atom is 0.407 e. The third kappa shape index (κ3) is 7.66. The van der Waals surface area contributed by atoms with Crippen LogP contribution in [0.25, 0.3) is 0 Å². The van der Waals surface area contributed by atoms with Crippen molar-refractivity contribution in [2.75, 3.05) is 32.8 Å². The summed E-state index contributed by atoms with van der Waals surface area (Å²) in [7, 11) is 0. The molecule has 1 aliphatic rings. The molecule has 7 heteroatoms. The number of nitrogens with one attached hydrogen (secondary N) is 1. The van der Waals surface area contributed by atoms with Crippen LogP contribution in [0, 0.1) is 5.92 Å². The number of hydrogen-bond donors (Lipinski definition) is 1. The number of hydrogen-bond acceptors (Lipinski definition) is 4. The van der Waals surface area contributed by atoms with E-state index in [1.165, 1.54) is 6.92 Å². The van der Waals surface area contributed by atoms with Gasteiger partial charge in [-0.1, -0.05) is 27.7 Å². The molecule has 1 rings (SSSR count). The van der Waals surface area contributed by atoms with Crippen molar-refractivity contribution in [3.8, 4) is 0 Å². The van der Waals surface area contributed by atoms with Crippen LogP contribution in [0.2, 0.25) is 0 Å². The lowest BCUT2D eigenvalue weighted by Crippen LogP contribution is -2.55. The monoisotopic (exact) mass is 343 g/mol. The van der Waals surface area contributed by atoms with Crippen LogP contribution < -0.4 is 5.32 Å². The summed E-state index contributed by atoms with van der Waals surface area (Å²) < 4.78 is 4.87. The minimum Gasteiger partial charge on any atom is -0.450 e. The number of nitrogens with zero attached hydrogens (tertiary/aromatic N) is 2. The summed E-state index contributed by atoms with van der Waals surface area (Å²) in [5, 5.41) is 2.65. The second-order valence-electron chi connectivity index (χ2n) is 5.88. The van der Waals surface area contributed by atoms with Crippen molar-refractivity contribution < 1.29 is 19.1 Å². The Labute approximate surface area is 145 Å². The van der Waals surface area contributed by atoms with Crippen molar-refractivity contribution in [2.24, 2.45) is 5.92 Å². The molecule has 1 atom stereocenters. The molecule has 0 aliphatic carbocycles. The van der Waals surface area contributed by atoms with Gasteiger partial charge >= 0.3 is 6.09 Å². The molecule has 24 heavy (non-hydrogen) atoms. The van der Waals surface area contributed by atoms with Crippen molar-refractivity contribution in [2.45, 2.75) is 54.0 Å². The number of alkyl carbamates (subject to hydrolysis) is 1. The van der Waals surface area contributed by atoms with Crippen LogP contribution in [0.3, 0.4) is 0 Å². The number of amides is 3. The Morgan fingerprint density at radius 1 is 1.04 bits per heavy atom. The van der Waals surface area contributed by atoms with Crippen molar-refractivity contribution >= 4 is 17.9 Å². The quantitative estimate of drug-likeness (QED) is 0.826. The van der Waals surface area contributed by atoms with Gasteiger partial charge in [-0.25, -0.2) is 4.79 Å². The fourth-order valence-electron chi connectivity index (χ4n) is 2.47. The summed E-state index contributed by atoms with van der Waals surface area (Å²) in [6, 6.07) is -0.581. The van der Waals surface area contributed by atoms with E-state index in [1.54, 1.807) is 16.7 Å². The molecule has 0 bridgehead atoms. The topological polar surface area (TPSA) is 79.0 Å². The highest BCUT2D eigenvalue weighted by Gasteiger charge is 2.29. The van der Waals surface area contributed by atoms with Crippen LogP contribution in [0.5, 0.6) is 0 Å². The van der Waals surface area contributed by atoms with Crippen molar-refractivity contribution in [1.29, 1.82) is 0 Å². The lowest BCUT2D eigenvalue weighted by Gasteiger charge is -2.36. The first-order valence-electron chi connectivity index (χ1n) is 8.82. The largest absolute Gasteiger partial charge is 0.450 e. The molecular weight excluding hydrogens is 310 g/mol. The van der Waals surface area contributed by atoms with Crippen LogP contribution in [-0.2, 0) is 14.3 Å². The first kappa shape index (κ1) is 22.2. The van der Waals surface area contributed by atoms with Crippen molar-refractivity contribution in [1.82, 2.24) is 15.1 Å². The Morgan fingerprint density at radius 2 is 1.54 bits per heavy atom. The van der Waals surface area contributed by atoms with E-state index in [9.17, 15) is 14.4 Å². The van der Waals surface area contributed by atoms with Crippen LogP contribution >= 0.6 is 0 Å². The van der Waals surface area contributed by atoms with E-state index in [-0.39, 0.29) is 24.3 Å². The van der Waals surface area contributed by atoms with E-state index in [1.807, 2.05) is 27.7 Å². The van der Waals surface area contributed by atoms with E-state index in [2.05, 4.69) is 5.32 Å². The van der Waals surface area contributed by atoms with Crippen molar-refractivity contribution in [3.63, 3.8) is 0 Å². The zero-order valence-electron chi connectivity index (χ0n) is 15.9. The number of carbonyl (C=O) groups excluding carboxylic acids is 3. The lowest BCUT2D eigenvalue weighted by atomic mass is 10.0. The van der Waals surface area contributed by atoms with E-state index in [4.69, 9.17) is 4.74 Å². The average Bonchev–Trinajstić information content (AvgIpc) is 2.55. The van der Waals surface area contributed by atoms with Crippen LogP contribution in [0.1, 0.15) is 48.0 Å². The fourth-order valence-corrected chi connectivity index (χ4v) is 2.47. The van der Waals surface area contributed by atoms with Gasteiger partial charge in [0.2, 0.25) is 11.8 Å². The average molecular weight is 343 g/mol. The van der Waals surface area contributed by atoms with Gasteiger partial charge in [0.05, 0.1) is 6.61 Å². The first-order valence-corrected chi connectivity index (χ1v) is 8.82. The molecular formula is C17H33N3O4. The van der Waals surface area contributed by atoms with Crippen LogP contribution in [-0.4, -0.2) is 66.5 Å². The zero-order chi connectivity index (χ0) is 18.7. The maximum absolute atomic E-state index is 12.6. The lowest BCUT2D eigenvalue weighted by molar-refractivity contribution is -0.140. The molecule has 140 valence electrons. The molecule has 1 aliphatic heterocycles. The Kier molecular flexibility index (Phi) is 10.8. The Bertz CT molecular complexity index is 405. The second-order valence-corrected chi connectivity index (χ2v) is 5.88. The fraction of sp³-hybridized carbons (Fsp3) is 0.824. The van der Waals surface area contributed by atoms with E-state index in [0.29, 0.717) is 32.6 Å². The predicted octanol–water partition coefficient (Wildman–Crippen LogP) is 1.86. The highest BCUT2D eigenvalue weighted by atomic mass is 16.5. The van der Waals surface area contributed by atoms with E-state index < -0.39 is 12.1 Å². The van der Waals surface area contributed by atoms with Gasteiger partial charge in [0.25, 0.3) is 0 Å². The smallest absolute Gasteiger partial charge is 0.407 e. The van der Waals surface area contributed by atoms with Gasteiger partial charge in [-0.15, -0.1) is 0 Å². The summed E-state index contributed by atoms with van der Waals surface area (Å²) >= 11 is 0. The predicted molar refractivity (Wildman–Crippen MR) is 93.6 cm³/mol.